The van der Waals surface area contributed by atoms with Gasteiger partial charge in [-0.15, -0.1) is 0 Å². The molecule has 0 unspecified atom stereocenters. The van der Waals surface area contributed by atoms with E-state index in [0.29, 0.717) is 0 Å². The molecule has 2 nitrogen and oxygen atoms in total. The molecule has 0 fully saturated rings. The topological polar surface area (TPSA) is 25.8 Å². The molecule has 0 aliphatic rings. The highest BCUT2D eigenvalue weighted by Gasteiger charge is 1.94. The zero-order chi connectivity index (χ0) is 8.39. The molecule has 2 aromatic rings. The maximum Gasteiger partial charge on any atom is 0.0885 e. The van der Waals surface area contributed by atoms with Gasteiger partial charge in [-0.25, -0.2) is 0 Å². The summed E-state index contributed by atoms with van der Waals surface area (Å²) in [5.74, 6) is 0. The fourth-order valence-electron chi connectivity index (χ4n) is 1.21. The van der Waals surface area contributed by atoms with Crippen LogP contribution in [0.15, 0.2) is 30.6 Å². The molecule has 0 aliphatic heterocycles. The summed E-state index contributed by atoms with van der Waals surface area (Å²) >= 11 is 0. The molecule has 0 aliphatic carbocycles. The van der Waals surface area contributed by atoms with Gasteiger partial charge in [0.2, 0.25) is 0 Å². The zero-order valence-corrected chi connectivity index (χ0v) is 6.99. The third-order valence-electron chi connectivity index (χ3n) is 1.91. The third-order valence-corrected chi connectivity index (χ3v) is 1.91. The molecule has 2 rings (SSSR count). The Labute approximate surface area is 71.3 Å². The van der Waals surface area contributed by atoms with E-state index in [9.17, 15) is 0 Å². The van der Waals surface area contributed by atoms with Crippen molar-refractivity contribution in [2.45, 2.75) is 13.3 Å². The molecule has 0 saturated heterocycles. The van der Waals surface area contributed by atoms with Gasteiger partial charge in [-0.3, -0.25) is 9.97 Å². The number of aromatic nitrogens is 2. The van der Waals surface area contributed by atoms with E-state index in [0.717, 1.165) is 17.6 Å². The molecule has 0 amide bonds. The van der Waals surface area contributed by atoms with Crippen molar-refractivity contribution in [3.8, 4) is 0 Å². The molecule has 0 spiro atoms. The maximum absolute atomic E-state index is 4.26. The summed E-state index contributed by atoms with van der Waals surface area (Å²) < 4.78 is 0. The van der Waals surface area contributed by atoms with Crippen LogP contribution in [0.2, 0.25) is 0 Å². The monoisotopic (exact) mass is 158 g/mol. The van der Waals surface area contributed by atoms with Crippen LogP contribution in [0.25, 0.3) is 10.9 Å². The lowest BCUT2D eigenvalue weighted by Crippen LogP contribution is -1.87. The van der Waals surface area contributed by atoms with Gasteiger partial charge in [0.15, 0.2) is 0 Å². The fourth-order valence-corrected chi connectivity index (χ4v) is 1.21. The minimum atomic E-state index is 0.967. The summed E-state index contributed by atoms with van der Waals surface area (Å²) in [6.07, 6.45) is 4.59. The molecule has 0 bridgehead atoms. The summed E-state index contributed by atoms with van der Waals surface area (Å²) in [6.45, 7) is 2.10. The summed E-state index contributed by atoms with van der Waals surface area (Å²) in [4.78, 5) is 8.46. The number of rotatable bonds is 1. The number of aryl methyl sites for hydroxylation is 1. The third kappa shape index (κ3) is 1.16. The van der Waals surface area contributed by atoms with E-state index in [1.807, 2.05) is 12.3 Å². The minimum Gasteiger partial charge on any atom is -0.259 e. The molecule has 2 heteroatoms. The van der Waals surface area contributed by atoms with Crippen molar-refractivity contribution in [2.24, 2.45) is 0 Å². The summed E-state index contributed by atoms with van der Waals surface area (Å²) in [5, 5.41) is 1.17. The zero-order valence-electron chi connectivity index (χ0n) is 6.99. The summed E-state index contributed by atoms with van der Waals surface area (Å²) in [5.41, 5.74) is 2.09. The second-order valence-electron chi connectivity index (χ2n) is 2.73. The highest BCUT2D eigenvalue weighted by molar-refractivity contribution is 5.77. The molecular formula is C10H10N2. The van der Waals surface area contributed by atoms with Gasteiger partial charge in [0.05, 0.1) is 11.7 Å². The molecule has 60 valence electrons. The van der Waals surface area contributed by atoms with Crippen LogP contribution in [0.5, 0.6) is 0 Å². The van der Waals surface area contributed by atoms with Crippen molar-refractivity contribution < 1.29 is 0 Å². The average molecular weight is 158 g/mol. The van der Waals surface area contributed by atoms with Gasteiger partial charge in [0, 0.05) is 17.3 Å². The van der Waals surface area contributed by atoms with E-state index in [1.54, 1.807) is 6.20 Å². The van der Waals surface area contributed by atoms with E-state index in [2.05, 4.69) is 29.0 Å². The quantitative estimate of drug-likeness (QED) is 0.635. The van der Waals surface area contributed by atoms with Gasteiger partial charge in [-0.1, -0.05) is 13.0 Å². The normalized spacial score (nSPS) is 10.4. The van der Waals surface area contributed by atoms with Crippen LogP contribution in [0.4, 0.5) is 0 Å². The van der Waals surface area contributed by atoms with Crippen molar-refractivity contribution in [2.75, 3.05) is 0 Å². The number of fused-ring (bicyclic) bond motifs is 1. The molecular weight excluding hydrogens is 148 g/mol. The van der Waals surface area contributed by atoms with Crippen molar-refractivity contribution in [3.05, 3.63) is 36.3 Å². The Morgan fingerprint density at radius 3 is 3.08 bits per heavy atom. The van der Waals surface area contributed by atoms with Crippen LogP contribution in [0.3, 0.4) is 0 Å². The predicted octanol–water partition coefficient (Wildman–Crippen LogP) is 2.19. The van der Waals surface area contributed by atoms with Crippen LogP contribution in [-0.2, 0) is 6.42 Å². The highest BCUT2D eigenvalue weighted by atomic mass is 14.7. The first-order chi connectivity index (χ1) is 5.90. The van der Waals surface area contributed by atoms with Crippen molar-refractivity contribution in [1.29, 1.82) is 0 Å². The Morgan fingerprint density at radius 1 is 1.33 bits per heavy atom. The second kappa shape index (κ2) is 2.89. The molecule has 2 aromatic heterocycles. The molecule has 0 radical (unpaired) electrons. The second-order valence-corrected chi connectivity index (χ2v) is 2.73. The number of nitrogens with zero attached hydrogens (tertiary/aromatic N) is 2. The van der Waals surface area contributed by atoms with E-state index in [1.165, 1.54) is 5.39 Å². The largest absolute Gasteiger partial charge is 0.259 e. The van der Waals surface area contributed by atoms with Crippen LogP contribution in [-0.4, -0.2) is 9.97 Å². The first-order valence-electron chi connectivity index (χ1n) is 4.10. The molecule has 0 aromatic carbocycles. The lowest BCUT2D eigenvalue weighted by molar-refractivity contribution is 1.04. The van der Waals surface area contributed by atoms with E-state index < -0.39 is 0 Å². The van der Waals surface area contributed by atoms with Gasteiger partial charge < -0.3 is 0 Å². The lowest BCUT2D eigenvalue weighted by atomic mass is 10.2. The highest BCUT2D eigenvalue weighted by Crippen LogP contribution is 2.10. The van der Waals surface area contributed by atoms with Gasteiger partial charge in [-0.05, 0) is 18.6 Å². The fraction of sp³-hybridized carbons (Fsp3) is 0.200. The van der Waals surface area contributed by atoms with Crippen LogP contribution in [0, 0.1) is 0 Å². The maximum atomic E-state index is 4.26. The van der Waals surface area contributed by atoms with E-state index in [-0.39, 0.29) is 0 Å². The number of pyridine rings is 2. The minimum absolute atomic E-state index is 0.967. The van der Waals surface area contributed by atoms with Gasteiger partial charge in [0.1, 0.15) is 0 Å². The Morgan fingerprint density at radius 2 is 2.25 bits per heavy atom. The van der Waals surface area contributed by atoms with Crippen molar-refractivity contribution in [3.63, 3.8) is 0 Å². The van der Waals surface area contributed by atoms with Gasteiger partial charge in [0.25, 0.3) is 0 Å². The molecule has 12 heavy (non-hydrogen) atoms. The number of hydrogen-bond donors (Lipinski definition) is 0. The Balaban J connectivity index is 2.67. The van der Waals surface area contributed by atoms with Crippen molar-refractivity contribution >= 4 is 10.9 Å². The lowest BCUT2D eigenvalue weighted by Gasteiger charge is -1.97. The first kappa shape index (κ1) is 7.22. The van der Waals surface area contributed by atoms with Crippen molar-refractivity contribution in [1.82, 2.24) is 9.97 Å². The SMILES string of the molecule is CCc1cc2cccnc2cn1. The predicted molar refractivity (Wildman–Crippen MR) is 48.9 cm³/mol. The van der Waals surface area contributed by atoms with E-state index in [4.69, 9.17) is 0 Å². The first-order valence-corrected chi connectivity index (χ1v) is 4.10. The van der Waals surface area contributed by atoms with Crippen LogP contribution in [0.1, 0.15) is 12.6 Å². The standard InChI is InChI=1S/C10H10N2/c1-2-9-6-8-4-3-5-11-10(8)7-12-9/h3-7H,2H2,1H3. The summed E-state index contributed by atoms with van der Waals surface area (Å²) in [6, 6.07) is 6.09. The van der Waals surface area contributed by atoms with E-state index >= 15 is 0 Å². The summed E-state index contributed by atoms with van der Waals surface area (Å²) in [7, 11) is 0. The van der Waals surface area contributed by atoms with Crippen LogP contribution >= 0.6 is 0 Å². The van der Waals surface area contributed by atoms with Gasteiger partial charge >= 0.3 is 0 Å². The van der Waals surface area contributed by atoms with Gasteiger partial charge in [-0.2, -0.15) is 0 Å². The average Bonchev–Trinajstić information content (AvgIpc) is 2.17. The molecule has 0 atom stereocenters. The molecule has 2 heterocycles. The molecule has 0 N–H and O–H groups in total. The Kier molecular flexibility index (Phi) is 1.74. The smallest absolute Gasteiger partial charge is 0.0885 e. The molecule has 0 saturated carbocycles. The Hall–Kier alpha value is -1.44. The van der Waals surface area contributed by atoms with Crippen LogP contribution < -0.4 is 0 Å². The Bertz CT molecular complexity index is 396. The number of hydrogen-bond acceptors (Lipinski definition) is 2.